The molecule has 0 aliphatic heterocycles. The topological polar surface area (TPSA) is 65.7 Å². The van der Waals surface area contributed by atoms with Gasteiger partial charge in [0.15, 0.2) is 0 Å². The van der Waals surface area contributed by atoms with Crippen LogP contribution < -0.4 is 0 Å². The molecule has 0 radical (unpaired) electrons. The molecule has 2 heterocycles. The summed E-state index contributed by atoms with van der Waals surface area (Å²) < 4.78 is 0. The third-order valence-electron chi connectivity index (χ3n) is 7.85. The van der Waals surface area contributed by atoms with Gasteiger partial charge >= 0.3 is 0 Å². The summed E-state index contributed by atoms with van der Waals surface area (Å²) in [6.07, 6.45) is 10.9. The molecule has 0 aliphatic rings. The predicted molar refractivity (Wildman–Crippen MR) is 157 cm³/mol. The van der Waals surface area contributed by atoms with Gasteiger partial charge in [-0.25, -0.2) is 0 Å². The van der Waals surface area contributed by atoms with Crippen molar-refractivity contribution >= 4 is 56.2 Å². The second-order valence-corrected chi connectivity index (χ2v) is 10.4. The molecule has 4 heteroatoms. The van der Waals surface area contributed by atoms with Crippen molar-refractivity contribution in [3.8, 4) is 0 Å². The van der Waals surface area contributed by atoms with Crippen LogP contribution in [0.1, 0.15) is 70.4 Å². The van der Waals surface area contributed by atoms with Crippen LogP contribution in [0.25, 0.3) is 43.6 Å². The lowest BCUT2D eigenvalue weighted by Crippen LogP contribution is -1.93. The van der Waals surface area contributed by atoms with Crippen molar-refractivity contribution in [2.75, 3.05) is 0 Å². The Morgan fingerprint density at radius 1 is 0.500 bits per heavy atom. The first-order valence-electron chi connectivity index (χ1n) is 13.7. The summed E-state index contributed by atoms with van der Waals surface area (Å²) in [5, 5.41) is 4.64. The van der Waals surface area contributed by atoms with Crippen molar-refractivity contribution in [3.05, 3.63) is 95.1 Å². The van der Waals surface area contributed by atoms with Crippen molar-refractivity contribution in [1.82, 2.24) is 9.97 Å². The van der Waals surface area contributed by atoms with E-state index in [0.29, 0.717) is 0 Å². The van der Waals surface area contributed by atoms with Gasteiger partial charge in [-0.1, -0.05) is 62.1 Å². The molecule has 2 N–H and O–H groups in total. The Balaban J connectivity index is 1.04. The molecule has 6 rings (SSSR count). The zero-order valence-corrected chi connectivity index (χ0v) is 21.6. The van der Waals surface area contributed by atoms with Crippen molar-refractivity contribution in [3.63, 3.8) is 0 Å². The summed E-state index contributed by atoms with van der Waals surface area (Å²) in [6.45, 7) is 0. The molecule has 0 saturated heterocycles. The number of unbranched alkanes of at least 4 members (excludes halogenated alkanes) is 5. The summed E-state index contributed by atoms with van der Waals surface area (Å²) in [7, 11) is 0. The second-order valence-electron chi connectivity index (χ2n) is 10.4. The van der Waals surface area contributed by atoms with E-state index in [4.69, 9.17) is 0 Å². The molecule has 4 aromatic carbocycles. The van der Waals surface area contributed by atoms with E-state index in [0.717, 1.165) is 82.2 Å². The number of H-pyrrole nitrogens is 2. The van der Waals surface area contributed by atoms with Gasteiger partial charge < -0.3 is 9.97 Å². The van der Waals surface area contributed by atoms with Crippen LogP contribution in [0.15, 0.2) is 72.8 Å². The van der Waals surface area contributed by atoms with Gasteiger partial charge in [-0.2, -0.15) is 0 Å². The van der Waals surface area contributed by atoms with Gasteiger partial charge in [-0.15, -0.1) is 0 Å². The van der Waals surface area contributed by atoms with Crippen LogP contribution in [0.2, 0.25) is 0 Å². The molecule has 6 aromatic rings. The number of rotatable bonds is 11. The normalized spacial score (nSPS) is 11.7. The average Bonchev–Trinajstić information content (AvgIpc) is 3.52. The highest BCUT2D eigenvalue weighted by Crippen LogP contribution is 2.31. The van der Waals surface area contributed by atoms with Crippen molar-refractivity contribution < 1.29 is 9.59 Å². The molecule has 0 bridgehead atoms. The molecule has 0 atom stereocenters. The fourth-order valence-electron chi connectivity index (χ4n) is 5.97. The van der Waals surface area contributed by atoms with E-state index >= 15 is 0 Å². The standard InChI is InChI=1S/C34H32N2O2/c37-21-23-17-25(33-29(19-23)27-13-7-9-15-31(27)35-33)11-5-3-1-2-4-6-12-26-18-24(22-38)20-30-28-14-8-10-16-32(28)36-34(26)30/h7-10,13-22,35-36H,1-6,11-12H2. The first-order valence-corrected chi connectivity index (χ1v) is 13.7. The van der Waals surface area contributed by atoms with Crippen molar-refractivity contribution in [1.29, 1.82) is 0 Å². The Morgan fingerprint density at radius 3 is 1.37 bits per heavy atom. The molecule has 0 saturated carbocycles. The lowest BCUT2D eigenvalue weighted by atomic mass is 9.98. The van der Waals surface area contributed by atoms with E-state index in [1.54, 1.807) is 0 Å². The minimum Gasteiger partial charge on any atom is -0.354 e. The smallest absolute Gasteiger partial charge is 0.150 e. The third-order valence-corrected chi connectivity index (χ3v) is 7.85. The first-order chi connectivity index (χ1) is 18.7. The van der Waals surface area contributed by atoms with Crippen molar-refractivity contribution in [2.45, 2.75) is 51.4 Å². The summed E-state index contributed by atoms with van der Waals surface area (Å²) in [4.78, 5) is 30.3. The average molecular weight is 501 g/mol. The van der Waals surface area contributed by atoms with E-state index in [2.05, 4.69) is 34.2 Å². The number of aromatic nitrogens is 2. The van der Waals surface area contributed by atoms with Crippen LogP contribution in [0, 0.1) is 0 Å². The molecule has 0 spiro atoms. The van der Waals surface area contributed by atoms with Crippen LogP contribution in [-0.4, -0.2) is 22.5 Å². The summed E-state index contributed by atoms with van der Waals surface area (Å²) >= 11 is 0. The Labute approximate surface area is 222 Å². The van der Waals surface area contributed by atoms with E-state index in [1.165, 1.54) is 47.6 Å². The maximum atomic E-state index is 11.6. The van der Waals surface area contributed by atoms with E-state index in [1.807, 2.05) is 48.5 Å². The van der Waals surface area contributed by atoms with Gasteiger partial charge in [0.25, 0.3) is 0 Å². The molecular weight excluding hydrogens is 468 g/mol. The van der Waals surface area contributed by atoms with Gasteiger partial charge in [0.2, 0.25) is 0 Å². The zero-order chi connectivity index (χ0) is 25.9. The number of carbonyl (C=O) groups excluding carboxylic acids is 2. The number of nitrogens with one attached hydrogen (secondary N) is 2. The number of aryl methyl sites for hydroxylation is 2. The number of carbonyl (C=O) groups is 2. The quantitative estimate of drug-likeness (QED) is 0.138. The second kappa shape index (κ2) is 10.7. The highest BCUT2D eigenvalue weighted by Gasteiger charge is 2.11. The molecule has 4 nitrogen and oxygen atoms in total. The van der Waals surface area contributed by atoms with Gasteiger partial charge in [0.05, 0.1) is 0 Å². The number of aldehydes is 2. The summed E-state index contributed by atoms with van der Waals surface area (Å²) in [5.41, 5.74) is 8.54. The minimum atomic E-state index is 0.750. The van der Waals surface area contributed by atoms with Crippen LogP contribution in [-0.2, 0) is 12.8 Å². The third kappa shape index (κ3) is 4.63. The number of fused-ring (bicyclic) bond motifs is 6. The molecular formula is C34H32N2O2. The van der Waals surface area contributed by atoms with E-state index in [9.17, 15) is 9.59 Å². The van der Waals surface area contributed by atoms with Gasteiger partial charge in [-0.3, -0.25) is 9.59 Å². The summed E-state index contributed by atoms with van der Waals surface area (Å²) in [6, 6.07) is 24.7. The minimum absolute atomic E-state index is 0.750. The Kier molecular flexibility index (Phi) is 6.78. The van der Waals surface area contributed by atoms with Crippen LogP contribution >= 0.6 is 0 Å². The monoisotopic (exact) mass is 500 g/mol. The van der Waals surface area contributed by atoms with Gasteiger partial charge in [-0.05, 0) is 73.2 Å². The SMILES string of the molecule is O=Cc1cc(CCCCCCCCc2cc(C=O)cc3c2[nH]c2ccccc23)c2[nH]c3ccccc3c2c1. The van der Waals surface area contributed by atoms with Gasteiger partial charge in [0, 0.05) is 54.7 Å². The first kappa shape index (κ1) is 24.2. The molecule has 0 aliphatic carbocycles. The zero-order valence-electron chi connectivity index (χ0n) is 21.6. The number of benzene rings is 4. The Morgan fingerprint density at radius 2 is 0.921 bits per heavy atom. The van der Waals surface area contributed by atoms with E-state index < -0.39 is 0 Å². The van der Waals surface area contributed by atoms with Gasteiger partial charge in [0.1, 0.15) is 12.6 Å². The van der Waals surface area contributed by atoms with Crippen LogP contribution in [0.4, 0.5) is 0 Å². The highest BCUT2D eigenvalue weighted by molar-refractivity contribution is 6.10. The highest BCUT2D eigenvalue weighted by atomic mass is 16.1. The molecule has 0 unspecified atom stereocenters. The number of aromatic amines is 2. The fourth-order valence-corrected chi connectivity index (χ4v) is 5.97. The summed E-state index contributed by atoms with van der Waals surface area (Å²) in [5.74, 6) is 0. The lowest BCUT2D eigenvalue weighted by molar-refractivity contribution is 0.111. The maximum absolute atomic E-state index is 11.6. The number of hydrogen-bond donors (Lipinski definition) is 2. The molecule has 38 heavy (non-hydrogen) atoms. The number of hydrogen-bond acceptors (Lipinski definition) is 2. The van der Waals surface area contributed by atoms with Crippen molar-refractivity contribution in [2.24, 2.45) is 0 Å². The molecule has 190 valence electrons. The molecule has 0 amide bonds. The molecule has 0 fully saturated rings. The predicted octanol–water partition coefficient (Wildman–Crippen LogP) is 8.71. The Hall–Kier alpha value is -4.18. The molecule has 2 aromatic heterocycles. The lowest BCUT2D eigenvalue weighted by Gasteiger charge is -2.07. The van der Waals surface area contributed by atoms with Crippen LogP contribution in [0.3, 0.4) is 0 Å². The van der Waals surface area contributed by atoms with E-state index in [-0.39, 0.29) is 0 Å². The Bertz CT molecular complexity index is 1640. The van der Waals surface area contributed by atoms with Crippen LogP contribution in [0.5, 0.6) is 0 Å². The fraction of sp³-hybridized carbons (Fsp3) is 0.235. The number of para-hydroxylation sites is 2. The maximum Gasteiger partial charge on any atom is 0.150 e. The largest absolute Gasteiger partial charge is 0.354 e.